The molecule has 0 amide bonds. The van der Waals surface area contributed by atoms with Gasteiger partial charge in [0.1, 0.15) is 12.4 Å². The SMILES string of the molecule is COc1cccc(C(O)CNCc2ccc(OC)c(OCc3ccccc3)c2)c1. The molecular weight excluding hydrogens is 366 g/mol. The topological polar surface area (TPSA) is 60.0 Å². The smallest absolute Gasteiger partial charge is 0.161 e. The zero-order valence-electron chi connectivity index (χ0n) is 16.8. The molecule has 1 unspecified atom stereocenters. The van der Waals surface area contributed by atoms with Crippen molar-refractivity contribution in [1.82, 2.24) is 5.32 Å². The van der Waals surface area contributed by atoms with Crippen LogP contribution in [0.15, 0.2) is 72.8 Å². The molecule has 0 fully saturated rings. The van der Waals surface area contributed by atoms with Crippen molar-refractivity contribution in [2.45, 2.75) is 19.3 Å². The highest BCUT2D eigenvalue weighted by Gasteiger charge is 2.10. The van der Waals surface area contributed by atoms with Crippen molar-refractivity contribution in [2.24, 2.45) is 0 Å². The van der Waals surface area contributed by atoms with Crippen LogP contribution >= 0.6 is 0 Å². The minimum absolute atomic E-state index is 0.430. The van der Waals surface area contributed by atoms with Crippen molar-refractivity contribution in [1.29, 1.82) is 0 Å². The first kappa shape index (κ1) is 20.7. The van der Waals surface area contributed by atoms with E-state index in [1.807, 2.05) is 72.8 Å². The maximum atomic E-state index is 10.4. The van der Waals surface area contributed by atoms with Crippen molar-refractivity contribution >= 4 is 0 Å². The maximum absolute atomic E-state index is 10.4. The molecule has 0 aliphatic rings. The summed E-state index contributed by atoms with van der Waals surface area (Å²) in [6.45, 7) is 1.51. The van der Waals surface area contributed by atoms with Crippen molar-refractivity contribution in [2.75, 3.05) is 20.8 Å². The molecule has 3 aromatic rings. The molecule has 0 aliphatic carbocycles. The second-order valence-electron chi connectivity index (χ2n) is 6.68. The average molecular weight is 393 g/mol. The normalized spacial score (nSPS) is 11.7. The van der Waals surface area contributed by atoms with Gasteiger partial charge in [-0.2, -0.15) is 0 Å². The van der Waals surface area contributed by atoms with Crippen LogP contribution in [0.4, 0.5) is 0 Å². The lowest BCUT2D eigenvalue weighted by atomic mass is 10.1. The number of hydrogen-bond acceptors (Lipinski definition) is 5. The molecule has 29 heavy (non-hydrogen) atoms. The molecule has 0 aromatic heterocycles. The predicted octanol–water partition coefficient (Wildman–Crippen LogP) is 4.11. The third-order valence-electron chi connectivity index (χ3n) is 4.61. The Balaban J connectivity index is 1.57. The molecule has 0 heterocycles. The van der Waals surface area contributed by atoms with Crippen molar-refractivity contribution in [3.8, 4) is 17.2 Å². The van der Waals surface area contributed by atoms with E-state index in [0.717, 1.165) is 22.4 Å². The van der Waals surface area contributed by atoms with Gasteiger partial charge in [0.2, 0.25) is 0 Å². The highest BCUT2D eigenvalue weighted by molar-refractivity contribution is 5.43. The van der Waals surface area contributed by atoms with E-state index in [1.165, 1.54) is 0 Å². The number of rotatable bonds is 10. The number of methoxy groups -OCH3 is 2. The Morgan fingerprint density at radius 1 is 0.828 bits per heavy atom. The molecule has 0 spiro atoms. The molecule has 5 heteroatoms. The molecule has 0 saturated heterocycles. The van der Waals surface area contributed by atoms with Crippen LogP contribution < -0.4 is 19.5 Å². The second kappa shape index (κ2) is 10.5. The van der Waals surface area contributed by atoms with E-state index in [2.05, 4.69) is 5.32 Å². The fourth-order valence-electron chi connectivity index (χ4n) is 3.00. The van der Waals surface area contributed by atoms with Crippen LogP contribution in [-0.2, 0) is 13.2 Å². The van der Waals surface area contributed by atoms with Gasteiger partial charge >= 0.3 is 0 Å². The summed E-state index contributed by atoms with van der Waals surface area (Å²) in [5, 5.41) is 13.7. The highest BCUT2D eigenvalue weighted by atomic mass is 16.5. The van der Waals surface area contributed by atoms with E-state index in [-0.39, 0.29) is 0 Å². The van der Waals surface area contributed by atoms with Crippen LogP contribution in [0.5, 0.6) is 17.2 Å². The van der Waals surface area contributed by atoms with E-state index in [1.54, 1.807) is 14.2 Å². The van der Waals surface area contributed by atoms with Crippen LogP contribution in [0.1, 0.15) is 22.8 Å². The van der Waals surface area contributed by atoms with Crippen LogP contribution in [0.3, 0.4) is 0 Å². The number of ether oxygens (including phenoxy) is 3. The predicted molar refractivity (Wildman–Crippen MR) is 113 cm³/mol. The Bertz CT molecular complexity index is 898. The molecule has 0 bridgehead atoms. The third-order valence-corrected chi connectivity index (χ3v) is 4.61. The average Bonchev–Trinajstić information content (AvgIpc) is 2.78. The van der Waals surface area contributed by atoms with Crippen molar-refractivity contribution in [3.05, 3.63) is 89.5 Å². The number of benzene rings is 3. The summed E-state index contributed by atoms with van der Waals surface area (Å²) in [6.07, 6.45) is -0.614. The minimum Gasteiger partial charge on any atom is -0.497 e. The molecule has 152 valence electrons. The second-order valence-corrected chi connectivity index (χ2v) is 6.68. The summed E-state index contributed by atoms with van der Waals surface area (Å²) in [4.78, 5) is 0. The summed E-state index contributed by atoms with van der Waals surface area (Å²) in [5.74, 6) is 2.13. The van der Waals surface area contributed by atoms with Gasteiger partial charge < -0.3 is 24.6 Å². The van der Waals surface area contributed by atoms with Gasteiger partial charge in [0, 0.05) is 13.1 Å². The van der Waals surface area contributed by atoms with Gasteiger partial charge in [0.05, 0.1) is 20.3 Å². The summed E-state index contributed by atoms with van der Waals surface area (Å²) in [7, 11) is 3.25. The molecule has 3 rings (SSSR count). The first-order chi connectivity index (χ1) is 14.2. The Labute approximate surface area is 171 Å². The zero-order valence-corrected chi connectivity index (χ0v) is 16.8. The van der Waals surface area contributed by atoms with E-state index in [4.69, 9.17) is 14.2 Å². The Morgan fingerprint density at radius 3 is 2.41 bits per heavy atom. The Morgan fingerprint density at radius 2 is 1.66 bits per heavy atom. The quantitative estimate of drug-likeness (QED) is 0.543. The number of hydrogen-bond donors (Lipinski definition) is 2. The standard InChI is InChI=1S/C24H27NO4/c1-27-21-10-6-9-20(14-21)22(26)16-25-15-19-11-12-23(28-2)24(13-19)29-17-18-7-4-3-5-8-18/h3-14,22,25-26H,15-17H2,1-2H3. The summed E-state index contributed by atoms with van der Waals surface area (Å²) >= 11 is 0. The van der Waals surface area contributed by atoms with E-state index in [0.29, 0.717) is 31.2 Å². The third kappa shape index (κ3) is 5.98. The van der Waals surface area contributed by atoms with Crippen LogP contribution in [0, 0.1) is 0 Å². The molecule has 1 atom stereocenters. The van der Waals surface area contributed by atoms with Gasteiger partial charge in [-0.15, -0.1) is 0 Å². The van der Waals surface area contributed by atoms with Crippen LogP contribution in [-0.4, -0.2) is 25.9 Å². The van der Waals surface area contributed by atoms with Gasteiger partial charge in [0.15, 0.2) is 11.5 Å². The molecule has 3 aromatic carbocycles. The van der Waals surface area contributed by atoms with Crippen LogP contribution in [0.2, 0.25) is 0 Å². The van der Waals surface area contributed by atoms with Gasteiger partial charge in [0.25, 0.3) is 0 Å². The maximum Gasteiger partial charge on any atom is 0.161 e. The zero-order chi connectivity index (χ0) is 20.5. The molecule has 5 nitrogen and oxygen atoms in total. The van der Waals surface area contributed by atoms with Crippen molar-refractivity contribution < 1.29 is 19.3 Å². The summed E-state index contributed by atoms with van der Waals surface area (Å²) in [5.41, 5.74) is 2.96. The summed E-state index contributed by atoms with van der Waals surface area (Å²) in [6, 6.07) is 23.3. The largest absolute Gasteiger partial charge is 0.497 e. The summed E-state index contributed by atoms with van der Waals surface area (Å²) < 4.78 is 16.6. The van der Waals surface area contributed by atoms with Crippen LogP contribution in [0.25, 0.3) is 0 Å². The van der Waals surface area contributed by atoms with E-state index >= 15 is 0 Å². The molecule has 0 aliphatic heterocycles. The lowest BCUT2D eigenvalue weighted by Gasteiger charge is -2.15. The Hall–Kier alpha value is -3.02. The number of aliphatic hydroxyl groups excluding tert-OH is 1. The van der Waals surface area contributed by atoms with Gasteiger partial charge in [-0.3, -0.25) is 0 Å². The lowest BCUT2D eigenvalue weighted by molar-refractivity contribution is 0.174. The van der Waals surface area contributed by atoms with Gasteiger partial charge in [-0.1, -0.05) is 48.5 Å². The molecular formula is C24H27NO4. The van der Waals surface area contributed by atoms with E-state index in [9.17, 15) is 5.11 Å². The monoisotopic (exact) mass is 393 g/mol. The van der Waals surface area contributed by atoms with E-state index < -0.39 is 6.10 Å². The molecule has 0 radical (unpaired) electrons. The fourth-order valence-corrected chi connectivity index (χ4v) is 3.00. The molecule has 2 N–H and O–H groups in total. The lowest BCUT2D eigenvalue weighted by Crippen LogP contribution is -2.21. The first-order valence-corrected chi connectivity index (χ1v) is 9.56. The van der Waals surface area contributed by atoms with Crippen molar-refractivity contribution in [3.63, 3.8) is 0 Å². The highest BCUT2D eigenvalue weighted by Crippen LogP contribution is 2.29. The minimum atomic E-state index is -0.614. The fraction of sp³-hybridized carbons (Fsp3) is 0.250. The number of aliphatic hydroxyl groups is 1. The first-order valence-electron chi connectivity index (χ1n) is 9.56. The van der Waals surface area contributed by atoms with Gasteiger partial charge in [-0.25, -0.2) is 0 Å². The van der Waals surface area contributed by atoms with Gasteiger partial charge in [-0.05, 0) is 41.0 Å². The number of nitrogens with one attached hydrogen (secondary N) is 1. The Kier molecular flexibility index (Phi) is 7.50. The molecule has 0 saturated carbocycles.